The van der Waals surface area contributed by atoms with Crippen LogP contribution < -0.4 is 0 Å². The van der Waals surface area contributed by atoms with Crippen LogP contribution in [0.5, 0.6) is 0 Å². The van der Waals surface area contributed by atoms with Gasteiger partial charge in [0.05, 0.1) is 6.10 Å². The van der Waals surface area contributed by atoms with Gasteiger partial charge in [-0.15, -0.1) is 0 Å². The van der Waals surface area contributed by atoms with Crippen molar-refractivity contribution in [3.63, 3.8) is 0 Å². The Balaban J connectivity index is 1.87. The van der Waals surface area contributed by atoms with E-state index in [-0.39, 0.29) is 24.4 Å². The lowest BCUT2D eigenvalue weighted by Gasteiger charge is -2.18. The Labute approximate surface area is 153 Å². The summed E-state index contributed by atoms with van der Waals surface area (Å²) >= 11 is 0. The Morgan fingerprint density at radius 2 is 2.12 bits per heavy atom. The summed E-state index contributed by atoms with van der Waals surface area (Å²) < 4.78 is 34.4. The summed E-state index contributed by atoms with van der Waals surface area (Å²) in [7, 11) is 0. The van der Waals surface area contributed by atoms with E-state index in [4.69, 9.17) is 9.84 Å². The second kappa shape index (κ2) is 10.2. The van der Waals surface area contributed by atoms with E-state index in [0.717, 1.165) is 25.7 Å². The molecular formula is C20H30F2O4. The predicted octanol–water partition coefficient (Wildman–Crippen LogP) is 3.98. The van der Waals surface area contributed by atoms with Crippen LogP contribution in [0.1, 0.15) is 51.9 Å². The lowest BCUT2D eigenvalue weighted by molar-refractivity contribution is -0.136. The molecule has 0 amide bonds. The zero-order valence-electron chi connectivity index (χ0n) is 15.3. The highest BCUT2D eigenvalue weighted by Gasteiger charge is 2.50. The number of hydrogen-bond donors (Lipinski definition) is 2. The van der Waals surface area contributed by atoms with Gasteiger partial charge in [-0.3, -0.25) is 4.79 Å². The van der Waals surface area contributed by atoms with Gasteiger partial charge in [0.2, 0.25) is 0 Å². The zero-order valence-corrected chi connectivity index (χ0v) is 15.3. The standard InChI is InChI=1S/C20H30F2O4/c1-2-3-6-14(21)15(23)11-9-13-10-12-16-19(13)20(22)17(26-16)7-4-5-8-18(24)25/h4,7,9,11,13-17,19-20,23H,2-3,5-6,8,10,12H2,1H3,(H,24,25)/t13-,14+,15+,16+,17?,19+,20+/m0/s1. The summed E-state index contributed by atoms with van der Waals surface area (Å²) in [5.74, 6) is -1.24. The molecule has 1 saturated heterocycles. The van der Waals surface area contributed by atoms with E-state index >= 15 is 0 Å². The molecule has 6 heteroatoms. The average molecular weight is 372 g/mol. The fraction of sp³-hybridized carbons (Fsp3) is 0.750. The number of rotatable bonds is 10. The number of unbranched alkanes of at least 4 members (excludes halogenated alkanes) is 1. The van der Waals surface area contributed by atoms with Crippen LogP contribution in [0.4, 0.5) is 8.78 Å². The van der Waals surface area contributed by atoms with Gasteiger partial charge in [-0.2, -0.15) is 0 Å². The molecule has 1 aliphatic heterocycles. The number of aliphatic carboxylic acids is 1. The number of allylic oxidation sites excluding steroid dienone is 2. The number of halogens is 2. The lowest BCUT2D eigenvalue weighted by atomic mass is 9.89. The van der Waals surface area contributed by atoms with Crippen LogP contribution in [-0.4, -0.2) is 46.8 Å². The molecule has 2 fully saturated rings. The van der Waals surface area contributed by atoms with E-state index in [0.29, 0.717) is 12.8 Å². The van der Waals surface area contributed by atoms with Crippen molar-refractivity contribution < 1.29 is 28.5 Å². The van der Waals surface area contributed by atoms with Gasteiger partial charge in [0.25, 0.3) is 0 Å². The molecule has 0 aromatic rings. The number of ether oxygens (including phenoxy) is 1. The van der Waals surface area contributed by atoms with Gasteiger partial charge in [-0.05, 0) is 31.6 Å². The molecule has 1 aliphatic carbocycles. The van der Waals surface area contributed by atoms with E-state index in [1.165, 1.54) is 6.08 Å². The maximum atomic E-state index is 14.8. The normalized spacial score (nSPS) is 33.8. The SMILES string of the molecule is CCCC[C@@H](F)[C@H](O)C=C[C@H]1CC[C@H]2OC(C=CCCC(=O)O)[C@@H](F)[C@H]12. The number of carboxylic acids is 1. The van der Waals surface area contributed by atoms with Gasteiger partial charge < -0.3 is 14.9 Å². The van der Waals surface area contributed by atoms with Crippen LogP contribution in [-0.2, 0) is 9.53 Å². The number of carbonyl (C=O) groups is 1. The smallest absolute Gasteiger partial charge is 0.303 e. The van der Waals surface area contributed by atoms with Gasteiger partial charge in [0.15, 0.2) is 0 Å². The minimum absolute atomic E-state index is 0.0126. The quantitative estimate of drug-likeness (QED) is 0.569. The topological polar surface area (TPSA) is 66.8 Å². The first-order valence-electron chi connectivity index (χ1n) is 9.62. The first kappa shape index (κ1) is 21.0. The van der Waals surface area contributed by atoms with Gasteiger partial charge in [-0.1, -0.05) is 44.1 Å². The first-order chi connectivity index (χ1) is 12.4. The monoisotopic (exact) mass is 372 g/mol. The van der Waals surface area contributed by atoms with Gasteiger partial charge in [-0.25, -0.2) is 8.78 Å². The molecule has 26 heavy (non-hydrogen) atoms. The van der Waals surface area contributed by atoms with Crippen molar-refractivity contribution in [3.8, 4) is 0 Å². The largest absolute Gasteiger partial charge is 0.481 e. The minimum atomic E-state index is -1.28. The van der Waals surface area contributed by atoms with Crippen molar-refractivity contribution in [3.05, 3.63) is 24.3 Å². The van der Waals surface area contributed by atoms with Crippen molar-refractivity contribution >= 4 is 5.97 Å². The van der Waals surface area contributed by atoms with E-state index in [2.05, 4.69) is 0 Å². The Hall–Kier alpha value is -1.27. The Bertz CT molecular complexity index is 508. The molecule has 1 unspecified atom stereocenters. The Kier molecular flexibility index (Phi) is 8.22. The molecule has 2 aliphatic rings. The van der Waals surface area contributed by atoms with Gasteiger partial charge in [0.1, 0.15) is 24.6 Å². The molecule has 0 aromatic carbocycles. The lowest BCUT2D eigenvalue weighted by Crippen LogP contribution is -2.25. The summed E-state index contributed by atoms with van der Waals surface area (Å²) in [5, 5.41) is 18.5. The molecule has 0 radical (unpaired) electrons. The number of carboxylic acid groups (broad SMARTS) is 1. The average Bonchev–Trinajstić information content (AvgIpc) is 3.14. The molecule has 7 atom stereocenters. The van der Waals surface area contributed by atoms with Crippen molar-refractivity contribution in [1.29, 1.82) is 0 Å². The molecule has 148 valence electrons. The third kappa shape index (κ3) is 5.61. The molecule has 0 aromatic heterocycles. The number of aliphatic hydroxyl groups excluding tert-OH is 1. The van der Waals surface area contributed by atoms with Crippen LogP contribution in [0.15, 0.2) is 24.3 Å². The highest BCUT2D eigenvalue weighted by molar-refractivity contribution is 5.66. The maximum Gasteiger partial charge on any atom is 0.303 e. The van der Waals surface area contributed by atoms with Crippen molar-refractivity contribution in [2.75, 3.05) is 0 Å². The number of fused-ring (bicyclic) bond motifs is 1. The third-order valence-corrected chi connectivity index (χ3v) is 5.33. The molecule has 2 N–H and O–H groups in total. The van der Waals surface area contributed by atoms with E-state index in [1.807, 2.05) is 6.92 Å². The van der Waals surface area contributed by atoms with Crippen LogP contribution in [0.2, 0.25) is 0 Å². The Morgan fingerprint density at radius 1 is 1.35 bits per heavy atom. The summed E-state index contributed by atoms with van der Waals surface area (Å²) in [6.07, 6.45) is 5.87. The van der Waals surface area contributed by atoms with E-state index < -0.39 is 30.5 Å². The van der Waals surface area contributed by atoms with Crippen LogP contribution in [0.25, 0.3) is 0 Å². The minimum Gasteiger partial charge on any atom is -0.481 e. The van der Waals surface area contributed by atoms with Crippen LogP contribution in [0, 0.1) is 11.8 Å². The first-order valence-corrected chi connectivity index (χ1v) is 9.62. The molecule has 0 bridgehead atoms. The summed E-state index contributed by atoms with van der Waals surface area (Å²) in [6.45, 7) is 1.97. The third-order valence-electron chi connectivity index (χ3n) is 5.33. The van der Waals surface area contributed by atoms with Crippen LogP contribution >= 0.6 is 0 Å². The van der Waals surface area contributed by atoms with Crippen molar-refractivity contribution in [2.45, 2.75) is 82.5 Å². The maximum absolute atomic E-state index is 14.8. The Morgan fingerprint density at radius 3 is 2.81 bits per heavy atom. The second-order valence-corrected chi connectivity index (χ2v) is 7.30. The highest BCUT2D eigenvalue weighted by Crippen LogP contribution is 2.45. The summed E-state index contributed by atoms with van der Waals surface area (Å²) in [5.41, 5.74) is 0. The molecule has 1 saturated carbocycles. The highest BCUT2D eigenvalue weighted by atomic mass is 19.1. The molecule has 4 nitrogen and oxygen atoms in total. The van der Waals surface area contributed by atoms with Gasteiger partial charge in [0, 0.05) is 12.3 Å². The van der Waals surface area contributed by atoms with Gasteiger partial charge >= 0.3 is 5.97 Å². The second-order valence-electron chi connectivity index (χ2n) is 7.30. The summed E-state index contributed by atoms with van der Waals surface area (Å²) in [4.78, 5) is 10.5. The summed E-state index contributed by atoms with van der Waals surface area (Å²) in [6, 6.07) is 0. The zero-order chi connectivity index (χ0) is 19.1. The predicted molar refractivity (Wildman–Crippen MR) is 95.3 cm³/mol. The van der Waals surface area contributed by atoms with Crippen molar-refractivity contribution in [2.24, 2.45) is 11.8 Å². The fourth-order valence-electron chi connectivity index (χ4n) is 3.87. The molecule has 2 rings (SSSR count). The number of aliphatic hydroxyl groups is 1. The van der Waals surface area contributed by atoms with Crippen LogP contribution in [0.3, 0.4) is 0 Å². The number of hydrogen-bond acceptors (Lipinski definition) is 3. The number of alkyl halides is 2. The fourth-order valence-corrected chi connectivity index (χ4v) is 3.87. The van der Waals surface area contributed by atoms with Crippen molar-refractivity contribution in [1.82, 2.24) is 0 Å². The van der Waals surface area contributed by atoms with E-state index in [9.17, 15) is 18.7 Å². The molecule has 1 heterocycles. The molecule has 0 spiro atoms. The molecular weight excluding hydrogens is 342 g/mol. The van der Waals surface area contributed by atoms with E-state index in [1.54, 1.807) is 18.2 Å².